The first kappa shape index (κ1) is 11.1. The van der Waals surface area contributed by atoms with Gasteiger partial charge in [0, 0.05) is 6.54 Å². The van der Waals surface area contributed by atoms with E-state index in [0.29, 0.717) is 13.0 Å². The number of carbonyl (C=O) groups excluding carboxylic acids is 1. The van der Waals surface area contributed by atoms with E-state index in [2.05, 4.69) is 11.2 Å². The number of nitrogens with one attached hydrogen (secondary N) is 1. The lowest BCUT2D eigenvalue weighted by Crippen LogP contribution is -2.38. The van der Waals surface area contributed by atoms with E-state index in [9.17, 15) is 4.79 Å². The first-order valence-corrected chi connectivity index (χ1v) is 4.82. The summed E-state index contributed by atoms with van der Waals surface area (Å²) in [5, 5.41) is 3.09. The van der Waals surface area contributed by atoms with Crippen LogP contribution in [0.4, 0.5) is 0 Å². The van der Waals surface area contributed by atoms with Gasteiger partial charge in [0.25, 0.3) is 0 Å². The standard InChI is InChI=1S/C11H17NO2/c1-5-11(6-7-12-8-11)9(13)14-10(2,3)4/h1,12H,6-8H2,2-4H3. The Labute approximate surface area is 85.2 Å². The average Bonchev–Trinajstić information content (AvgIpc) is 2.49. The Morgan fingerprint density at radius 3 is 2.57 bits per heavy atom. The van der Waals surface area contributed by atoms with Gasteiger partial charge in [-0.15, -0.1) is 6.42 Å². The molecule has 0 radical (unpaired) electrons. The van der Waals surface area contributed by atoms with Gasteiger partial charge in [0.05, 0.1) is 0 Å². The molecule has 0 bridgehead atoms. The molecule has 0 aromatic heterocycles. The molecule has 1 fully saturated rings. The Bertz CT molecular complexity index is 264. The highest BCUT2D eigenvalue weighted by Crippen LogP contribution is 2.28. The van der Waals surface area contributed by atoms with Crippen LogP contribution in [0.15, 0.2) is 0 Å². The summed E-state index contributed by atoms with van der Waals surface area (Å²) in [6, 6.07) is 0. The largest absolute Gasteiger partial charge is 0.459 e. The lowest BCUT2D eigenvalue weighted by Gasteiger charge is -2.26. The summed E-state index contributed by atoms with van der Waals surface area (Å²) in [5.74, 6) is 2.28. The second kappa shape index (κ2) is 3.62. The Morgan fingerprint density at radius 1 is 1.57 bits per heavy atom. The summed E-state index contributed by atoms with van der Waals surface area (Å²) >= 11 is 0. The van der Waals surface area contributed by atoms with Crippen molar-refractivity contribution < 1.29 is 9.53 Å². The minimum Gasteiger partial charge on any atom is -0.459 e. The fraction of sp³-hybridized carbons (Fsp3) is 0.727. The van der Waals surface area contributed by atoms with Gasteiger partial charge in [-0.25, -0.2) is 0 Å². The number of rotatable bonds is 1. The smallest absolute Gasteiger partial charge is 0.326 e. The van der Waals surface area contributed by atoms with Crippen molar-refractivity contribution in [3.8, 4) is 12.3 Å². The molecule has 1 atom stereocenters. The molecule has 3 heteroatoms. The molecule has 1 aliphatic rings. The SMILES string of the molecule is C#CC1(C(=O)OC(C)(C)C)CCNC1. The topological polar surface area (TPSA) is 38.3 Å². The van der Waals surface area contributed by atoms with Crippen LogP contribution in [0.1, 0.15) is 27.2 Å². The number of carbonyl (C=O) groups is 1. The minimum atomic E-state index is -0.743. The number of ether oxygens (including phenoxy) is 1. The van der Waals surface area contributed by atoms with Crippen LogP contribution in [0.3, 0.4) is 0 Å². The molecular formula is C11H17NO2. The second-order valence-corrected chi connectivity index (χ2v) is 4.66. The quantitative estimate of drug-likeness (QED) is 0.500. The van der Waals surface area contributed by atoms with Gasteiger partial charge >= 0.3 is 5.97 Å². The summed E-state index contributed by atoms with van der Waals surface area (Å²) in [6.45, 7) is 6.84. The van der Waals surface area contributed by atoms with Crippen LogP contribution in [0.25, 0.3) is 0 Å². The molecule has 14 heavy (non-hydrogen) atoms. The van der Waals surface area contributed by atoms with E-state index >= 15 is 0 Å². The van der Waals surface area contributed by atoms with Crippen LogP contribution in [0, 0.1) is 17.8 Å². The van der Waals surface area contributed by atoms with Crippen molar-refractivity contribution in [3.63, 3.8) is 0 Å². The van der Waals surface area contributed by atoms with Crippen LogP contribution in [-0.2, 0) is 9.53 Å². The van der Waals surface area contributed by atoms with Gasteiger partial charge in [-0.05, 0) is 33.7 Å². The predicted molar refractivity (Wildman–Crippen MR) is 54.6 cm³/mol. The van der Waals surface area contributed by atoms with Crippen LogP contribution in [0.5, 0.6) is 0 Å². The highest BCUT2D eigenvalue weighted by atomic mass is 16.6. The van der Waals surface area contributed by atoms with E-state index in [1.54, 1.807) is 0 Å². The van der Waals surface area contributed by atoms with Crippen molar-refractivity contribution in [1.29, 1.82) is 0 Å². The molecule has 1 saturated heterocycles. The van der Waals surface area contributed by atoms with Crippen LogP contribution in [-0.4, -0.2) is 24.7 Å². The van der Waals surface area contributed by atoms with Crippen molar-refractivity contribution in [2.45, 2.75) is 32.8 Å². The zero-order valence-electron chi connectivity index (χ0n) is 9.02. The van der Waals surface area contributed by atoms with Crippen molar-refractivity contribution in [2.24, 2.45) is 5.41 Å². The highest BCUT2D eigenvalue weighted by Gasteiger charge is 2.42. The molecule has 0 spiro atoms. The van der Waals surface area contributed by atoms with Gasteiger partial charge in [-0.1, -0.05) is 5.92 Å². The zero-order chi connectivity index (χ0) is 10.8. The van der Waals surface area contributed by atoms with Crippen molar-refractivity contribution in [3.05, 3.63) is 0 Å². The second-order valence-electron chi connectivity index (χ2n) is 4.66. The van der Waals surface area contributed by atoms with Crippen molar-refractivity contribution in [1.82, 2.24) is 5.32 Å². The Morgan fingerprint density at radius 2 is 2.21 bits per heavy atom. The van der Waals surface area contributed by atoms with Crippen LogP contribution < -0.4 is 5.32 Å². The predicted octanol–water partition coefficient (Wildman–Crippen LogP) is 0.941. The number of hydrogen-bond donors (Lipinski definition) is 1. The fourth-order valence-electron chi connectivity index (χ4n) is 1.42. The molecule has 1 unspecified atom stereocenters. The first-order valence-electron chi connectivity index (χ1n) is 4.82. The average molecular weight is 195 g/mol. The molecule has 78 valence electrons. The number of terminal acetylenes is 1. The van der Waals surface area contributed by atoms with E-state index in [4.69, 9.17) is 11.2 Å². The molecule has 1 heterocycles. The molecule has 0 amide bonds. The third kappa shape index (κ3) is 2.27. The monoisotopic (exact) mass is 195 g/mol. The van der Waals surface area contributed by atoms with E-state index < -0.39 is 11.0 Å². The van der Waals surface area contributed by atoms with Crippen LogP contribution in [0.2, 0.25) is 0 Å². The Balaban J connectivity index is 2.72. The van der Waals surface area contributed by atoms with Crippen molar-refractivity contribution >= 4 is 5.97 Å². The molecule has 0 aromatic rings. The zero-order valence-corrected chi connectivity index (χ0v) is 9.02. The summed E-state index contributed by atoms with van der Waals surface area (Å²) in [7, 11) is 0. The summed E-state index contributed by atoms with van der Waals surface area (Å²) in [4.78, 5) is 11.8. The maximum absolute atomic E-state index is 11.8. The minimum absolute atomic E-state index is 0.280. The van der Waals surface area contributed by atoms with Gasteiger partial charge in [0.15, 0.2) is 0 Å². The number of esters is 1. The summed E-state index contributed by atoms with van der Waals surface area (Å²) in [5.41, 5.74) is -1.21. The first-order chi connectivity index (χ1) is 6.40. The Hall–Kier alpha value is -1.01. The molecule has 0 aliphatic carbocycles. The van der Waals surface area contributed by atoms with Crippen LogP contribution >= 0.6 is 0 Å². The molecule has 1 aliphatic heterocycles. The Kier molecular flexibility index (Phi) is 2.86. The fourth-order valence-corrected chi connectivity index (χ4v) is 1.42. The molecular weight excluding hydrogens is 178 g/mol. The third-order valence-corrected chi connectivity index (χ3v) is 2.22. The van der Waals surface area contributed by atoms with E-state index in [1.807, 2.05) is 20.8 Å². The highest BCUT2D eigenvalue weighted by molar-refractivity contribution is 5.81. The number of hydrogen-bond acceptors (Lipinski definition) is 3. The lowest BCUT2D eigenvalue weighted by molar-refractivity contribution is -0.163. The maximum atomic E-state index is 11.8. The van der Waals surface area contributed by atoms with Gasteiger partial charge in [-0.2, -0.15) is 0 Å². The molecule has 0 saturated carbocycles. The van der Waals surface area contributed by atoms with E-state index in [0.717, 1.165) is 6.54 Å². The third-order valence-electron chi connectivity index (χ3n) is 2.22. The maximum Gasteiger partial charge on any atom is 0.326 e. The van der Waals surface area contributed by atoms with Gasteiger partial charge in [0.2, 0.25) is 0 Å². The molecule has 0 aromatic carbocycles. The van der Waals surface area contributed by atoms with E-state index in [-0.39, 0.29) is 5.97 Å². The molecule has 1 rings (SSSR count). The lowest BCUT2D eigenvalue weighted by atomic mass is 9.88. The van der Waals surface area contributed by atoms with Gasteiger partial charge in [-0.3, -0.25) is 4.79 Å². The van der Waals surface area contributed by atoms with Crippen molar-refractivity contribution in [2.75, 3.05) is 13.1 Å². The van der Waals surface area contributed by atoms with E-state index in [1.165, 1.54) is 0 Å². The summed E-state index contributed by atoms with van der Waals surface area (Å²) < 4.78 is 5.29. The van der Waals surface area contributed by atoms with Gasteiger partial charge in [0.1, 0.15) is 11.0 Å². The normalized spacial score (nSPS) is 27.0. The summed E-state index contributed by atoms with van der Waals surface area (Å²) in [6.07, 6.45) is 6.06. The molecule has 1 N–H and O–H groups in total. The van der Waals surface area contributed by atoms with Gasteiger partial charge < -0.3 is 10.1 Å². The molecule has 3 nitrogen and oxygen atoms in total.